The van der Waals surface area contributed by atoms with E-state index in [0.717, 1.165) is 23.5 Å². The molecule has 0 radical (unpaired) electrons. The lowest BCUT2D eigenvalue weighted by molar-refractivity contribution is -0.140. The number of carbonyl (C=O) groups excluding carboxylic acids is 1. The summed E-state index contributed by atoms with van der Waals surface area (Å²) in [5.41, 5.74) is 1.08. The molecule has 1 aromatic rings. The van der Waals surface area contributed by atoms with Crippen LogP contribution in [0.4, 0.5) is 0 Å². The molecule has 0 aliphatic rings. The van der Waals surface area contributed by atoms with Crippen LogP contribution in [0.25, 0.3) is 0 Å². The van der Waals surface area contributed by atoms with Gasteiger partial charge in [-0.05, 0) is 19.8 Å². The molecule has 0 aliphatic heterocycles. The van der Waals surface area contributed by atoms with Crippen molar-refractivity contribution < 1.29 is 9.53 Å². The zero-order valence-electron chi connectivity index (χ0n) is 7.87. The SMILES string of the molecule is COC(=O)CCCc1csc(C)n1. The predicted molar refractivity (Wildman–Crippen MR) is 51.8 cm³/mol. The van der Waals surface area contributed by atoms with Gasteiger partial charge in [0.1, 0.15) is 0 Å². The smallest absolute Gasteiger partial charge is 0.305 e. The van der Waals surface area contributed by atoms with Gasteiger partial charge in [-0.2, -0.15) is 0 Å². The van der Waals surface area contributed by atoms with Crippen LogP contribution in [0, 0.1) is 6.92 Å². The van der Waals surface area contributed by atoms with E-state index in [1.54, 1.807) is 11.3 Å². The number of hydrogen-bond donors (Lipinski definition) is 0. The normalized spacial score (nSPS) is 10.0. The lowest BCUT2D eigenvalue weighted by Gasteiger charge is -1.96. The Kier molecular flexibility index (Phi) is 3.89. The van der Waals surface area contributed by atoms with Crippen molar-refractivity contribution in [1.29, 1.82) is 0 Å². The molecule has 1 aromatic heterocycles. The van der Waals surface area contributed by atoms with Gasteiger partial charge in [-0.3, -0.25) is 4.79 Å². The molecule has 0 N–H and O–H groups in total. The van der Waals surface area contributed by atoms with Crippen molar-refractivity contribution >= 4 is 17.3 Å². The Morgan fingerprint density at radius 2 is 2.46 bits per heavy atom. The summed E-state index contributed by atoms with van der Waals surface area (Å²) in [7, 11) is 1.41. The average Bonchev–Trinajstić information content (AvgIpc) is 2.51. The van der Waals surface area contributed by atoms with Gasteiger partial charge in [0, 0.05) is 11.8 Å². The van der Waals surface area contributed by atoms with Gasteiger partial charge in [-0.1, -0.05) is 0 Å². The summed E-state index contributed by atoms with van der Waals surface area (Å²) < 4.78 is 4.54. The molecule has 0 unspecified atom stereocenters. The minimum absolute atomic E-state index is 0.146. The van der Waals surface area contributed by atoms with Gasteiger partial charge in [0.05, 0.1) is 17.8 Å². The average molecular weight is 199 g/mol. The van der Waals surface area contributed by atoms with Crippen LogP contribution in [0.5, 0.6) is 0 Å². The zero-order valence-corrected chi connectivity index (χ0v) is 8.69. The number of thiazole rings is 1. The van der Waals surface area contributed by atoms with Crippen molar-refractivity contribution in [2.45, 2.75) is 26.2 Å². The fourth-order valence-corrected chi connectivity index (χ4v) is 1.69. The quantitative estimate of drug-likeness (QED) is 0.696. The Morgan fingerprint density at radius 3 is 3.00 bits per heavy atom. The molecule has 3 nitrogen and oxygen atoms in total. The number of rotatable bonds is 4. The predicted octanol–water partition coefficient (Wildman–Crippen LogP) is 1.95. The Labute approximate surface area is 81.8 Å². The summed E-state index contributed by atoms with van der Waals surface area (Å²) in [6.07, 6.45) is 2.16. The number of methoxy groups -OCH3 is 1. The van der Waals surface area contributed by atoms with Crippen LogP contribution in [-0.4, -0.2) is 18.1 Å². The molecule has 0 saturated heterocycles. The molecule has 1 rings (SSSR count). The van der Waals surface area contributed by atoms with E-state index >= 15 is 0 Å². The fourth-order valence-electron chi connectivity index (χ4n) is 1.04. The molecule has 72 valence electrons. The minimum Gasteiger partial charge on any atom is -0.469 e. The van der Waals surface area contributed by atoms with Crippen LogP contribution in [0.15, 0.2) is 5.38 Å². The van der Waals surface area contributed by atoms with E-state index in [-0.39, 0.29) is 5.97 Å². The highest BCUT2D eigenvalue weighted by molar-refractivity contribution is 7.09. The number of aryl methyl sites for hydroxylation is 2. The third-order valence-corrected chi connectivity index (χ3v) is 2.53. The third kappa shape index (κ3) is 3.55. The molecule has 0 bridgehead atoms. The number of carbonyl (C=O) groups is 1. The minimum atomic E-state index is -0.146. The van der Waals surface area contributed by atoms with Crippen LogP contribution in [0.1, 0.15) is 23.5 Å². The fraction of sp³-hybridized carbons (Fsp3) is 0.556. The van der Waals surface area contributed by atoms with Crippen molar-refractivity contribution in [3.05, 3.63) is 16.1 Å². The molecule has 0 fully saturated rings. The van der Waals surface area contributed by atoms with Gasteiger partial charge in [0.2, 0.25) is 0 Å². The van der Waals surface area contributed by atoms with Crippen molar-refractivity contribution in [3.63, 3.8) is 0 Å². The van der Waals surface area contributed by atoms with Gasteiger partial charge >= 0.3 is 5.97 Å². The van der Waals surface area contributed by atoms with Crippen molar-refractivity contribution in [1.82, 2.24) is 4.98 Å². The summed E-state index contributed by atoms with van der Waals surface area (Å²) >= 11 is 1.64. The van der Waals surface area contributed by atoms with E-state index in [9.17, 15) is 4.79 Å². The molecule has 0 amide bonds. The number of nitrogens with zero attached hydrogens (tertiary/aromatic N) is 1. The molecule has 0 aliphatic carbocycles. The maximum atomic E-state index is 10.8. The van der Waals surface area contributed by atoms with Crippen LogP contribution < -0.4 is 0 Å². The number of aromatic nitrogens is 1. The number of hydrogen-bond acceptors (Lipinski definition) is 4. The lowest BCUT2D eigenvalue weighted by atomic mass is 10.2. The highest BCUT2D eigenvalue weighted by Crippen LogP contribution is 2.10. The molecular formula is C9H13NO2S. The Morgan fingerprint density at radius 1 is 1.69 bits per heavy atom. The van der Waals surface area contributed by atoms with Crippen molar-refractivity contribution in [2.24, 2.45) is 0 Å². The maximum absolute atomic E-state index is 10.8. The van der Waals surface area contributed by atoms with E-state index < -0.39 is 0 Å². The summed E-state index contributed by atoms with van der Waals surface area (Å²) in [4.78, 5) is 15.1. The molecule has 0 atom stereocenters. The Balaban J connectivity index is 2.24. The standard InChI is InChI=1S/C9H13NO2S/c1-7-10-8(6-13-7)4-3-5-9(11)12-2/h6H,3-5H2,1-2H3. The molecule has 0 spiro atoms. The number of ether oxygens (including phenoxy) is 1. The van der Waals surface area contributed by atoms with Crippen LogP contribution in [0.3, 0.4) is 0 Å². The summed E-state index contributed by atoms with van der Waals surface area (Å²) in [6, 6.07) is 0. The molecular weight excluding hydrogens is 186 g/mol. The largest absolute Gasteiger partial charge is 0.469 e. The van der Waals surface area contributed by atoms with E-state index in [1.807, 2.05) is 12.3 Å². The molecule has 0 aromatic carbocycles. The maximum Gasteiger partial charge on any atom is 0.305 e. The Bertz CT molecular complexity index is 283. The second kappa shape index (κ2) is 4.97. The van der Waals surface area contributed by atoms with E-state index in [0.29, 0.717) is 6.42 Å². The van der Waals surface area contributed by atoms with E-state index in [1.165, 1.54) is 7.11 Å². The van der Waals surface area contributed by atoms with Gasteiger partial charge in [0.15, 0.2) is 0 Å². The molecule has 0 saturated carbocycles. The first-order valence-corrected chi connectivity index (χ1v) is 5.08. The van der Waals surface area contributed by atoms with Crippen LogP contribution in [-0.2, 0) is 16.0 Å². The van der Waals surface area contributed by atoms with Gasteiger partial charge < -0.3 is 4.74 Å². The summed E-state index contributed by atoms with van der Waals surface area (Å²) in [5.74, 6) is -0.146. The van der Waals surface area contributed by atoms with Gasteiger partial charge in [-0.25, -0.2) is 4.98 Å². The lowest BCUT2D eigenvalue weighted by Crippen LogP contribution is -2.00. The summed E-state index contributed by atoms with van der Waals surface area (Å²) in [6.45, 7) is 1.98. The second-order valence-electron chi connectivity index (χ2n) is 2.79. The van der Waals surface area contributed by atoms with E-state index in [2.05, 4.69) is 9.72 Å². The van der Waals surface area contributed by atoms with Crippen LogP contribution in [0.2, 0.25) is 0 Å². The molecule has 1 heterocycles. The van der Waals surface area contributed by atoms with Gasteiger partial charge in [0.25, 0.3) is 0 Å². The zero-order chi connectivity index (χ0) is 9.68. The molecule has 13 heavy (non-hydrogen) atoms. The Hall–Kier alpha value is -0.900. The first-order valence-electron chi connectivity index (χ1n) is 4.20. The van der Waals surface area contributed by atoms with E-state index in [4.69, 9.17) is 0 Å². The topological polar surface area (TPSA) is 39.2 Å². The monoisotopic (exact) mass is 199 g/mol. The first-order chi connectivity index (χ1) is 6.22. The van der Waals surface area contributed by atoms with Crippen molar-refractivity contribution in [2.75, 3.05) is 7.11 Å². The summed E-state index contributed by atoms with van der Waals surface area (Å²) in [5, 5.41) is 3.11. The van der Waals surface area contributed by atoms with Crippen LogP contribution >= 0.6 is 11.3 Å². The third-order valence-electron chi connectivity index (χ3n) is 1.71. The molecule has 4 heteroatoms. The second-order valence-corrected chi connectivity index (χ2v) is 3.85. The van der Waals surface area contributed by atoms with Gasteiger partial charge in [-0.15, -0.1) is 11.3 Å². The first kappa shape index (κ1) is 10.2. The highest BCUT2D eigenvalue weighted by Gasteiger charge is 2.02. The van der Waals surface area contributed by atoms with Crippen molar-refractivity contribution in [3.8, 4) is 0 Å². The highest BCUT2D eigenvalue weighted by atomic mass is 32.1. The number of esters is 1.